The van der Waals surface area contributed by atoms with Crippen LogP contribution in [0.3, 0.4) is 0 Å². The predicted octanol–water partition coefficient (Wildman–Crippen LogP) is 4.66. The van der Waals surface area contributed by atoms with Gasteiger partial charge < -0.3 is 0 Å². The Hall–Kier alpha value is -0.590. The summed E-state index contributed by atoms with van der Waals surface area (Å²) < 4.78 is 0. The Morgan fingerprint density at radius 1 is 0.867 bits per heavy atom. The summed E-state index contributed by atoms with van der Waals surface area (Å²) in [5.41, 5.74) is 1.49. The second-order valence-electron chi connectivity index (χ2n) is 4.19. The van der Waals surface area contributed by atoms with Crippen molar-refractivity contribution >= 4 is 5.78 Å². The monoisotopic (exact) mass is 210 g/mol. The quantitative estimate of drug-likeness (QED) is 0.506. The fourth-order valence-corrected chi connectivity index (χ4v) is 1.70. The molecule has 0 aromatic rings. The van der Waals surface area contributed by atoms with Crippen LogP contribution in [-0.2, 0) is 4.79 Å². The summed E-state index contributed by atoms with van der Waals surface area (Å²) >= 11 is 0. The normalized spacial score (nSPS) is 11.8. The van der Waals surface area contributed by atoms with Gasteiger partial charge in [0.25, 0.3) is 0 Å². The first kappa shape index (κ1) is 14.4. The summed E-state index contributed by atoms with van der Waals surface area (Å²) in [5, 5.41) is 0. The van der Waals surface area contributed by atoms with Gasteiger partial charge in [-0.05, 0) is 25.7 Å². The maximum absolute atomic E-state index is 11.4. The van der Waals surface area contributed by atoms with Crippen LogP contribution in [0.15, 0.2) is 11.6 Å². The molecule has 88 valence electrons. The fourth-order valence-electron chi connectivity index (χ4n) is 1.70. The average Bonchev–Trinajstić information content (AvgIpc) is 2.22. The van der Waals surface area contributed by atoms with Crippen molar-refractivity contribution in [3.63, 3.8) is 0 Å². The standard InChI is InChI=1S/C14H26O/c1-4-7-10-13(8-5-2)11-12-14(15)9-6-3/h10H,4-9,11-12H2,1-3H3/b13-10+. The highest BCUT2D eigenvalue weighted by Gasteiger charge is 2.02. The number of ketones is 1. The Kier molecular flexibility index (Phi) is 9.55. The lowest BCUT2D eigenvalue weighted by atomic mass is 10.0. The highest BCUT2D eigenvalue weighted by molar-refractivity contribution is 5.78. The topological polar surface area (TPSA) is 17.1 Å². The van der Waals surface area contributed by atoms with Crippen molar-refractivity contribution in [2.45, 2.75) is 72.1 Å². The number of unbranched alkanes of at least 4 members (excludes halogenated alkanes) is 1. The molecule has 0 aromatic carbocycles. The molecule has 0 bridgehead atoms. The molecule has 0 saturated carbocycles. The van der Waals surface area contributed by atoms with Crippen LogP contribution < -0.4 is 0 Å². The van der Waals surface area contributed by atoms with Gasteiger partial charge in [-0.1, -0.05) is 45.3 Å². The fraction of sp³-hybridized carbons (Fsp3) is 0.786. The van der Waals surface area contributed by atoms with Crippen LogP contribution in [-0.4, -0.2) is 5.78 Å². The lowest BCUT2D eigenvalue weighted by molar-refractivity contribution is -0.119. The van der Waals surface area contributed by atoms with Crippen LogP contribution in [0.2, 0.25) is 0 Å². The Morgan fingerprint density at radius 3 is 2.07 bits per heavy atom. The minimum Gasteiger partial charge on any atom is -0.300 e. The van der Waals surface area contributed by atoms with Crippen LogP contribution in [0.5, 0.6) is 0 Å². The molecule has 0 fully saturated rings. The number of Topliss-reactive ketones (excluding diaryl/α,β-unsaturated/α-hetero) is 1. The van der Waals surface area contributed by atoms with E-state index in [2.05, 4.69) is 26.8 Å². The summed E-state index contributed by atoms with van der Waals surface area (Å²) in [5.74, 6) is 0.427. The molecule has 1 nitrogen and oxygen atoms in total. The molecule has 0 heterocycles. The molecule has 0 unspecified atom stereocenters. The second kappa shape index (κ2) is 9.95. The van der Waals surface area contributed by atoms with E-state index in [1.54, 1.807) is 0 Å². The Morgan fingerprint density at radius 2 is 1.53 bits per heavy atom. The van der Waals surface area contributed by atoms with E-state index >= 15 is 0 Å². The highest BCUT2D eigenvalue weighted by Crippen LogP contribution is 2.15. The van der Waals surface area contributed by atoms with E-state index in [9.17, 15) is 4.79 Å². The predicted molar refractivity (Wildman–Crippen MR) is 67.0 cm³/mol. The number of rotatable bonds is 9. The summed E-state index contributed by atoms with van der Waals surface area (Å²) in [6.45, 7) is 6.47. The van der Waals surface area contributed by atoms with E-state index in [-0.39, 0.29) is 0 Å². The third-order valence-electron chi connectivity index (χ3n) is 2.55. The smallest absolute Gasteiger partial charge is 0.133 e. The second-order valence-corrected chi connectivity index (χ2v) is 4.19. The van der Waals surface area contributed by atoms with Crippen molar-refractivity contribution in [2.24, 2.45) is 0 Å². The van der Waals surface area contributed by atoms with Gasteiger partial charge in [-0.15, -0.1) is 0 Å². The van der Waals surface area contributed by atoms with Gasteiger partial charge in [0.15, 0.2) is 0 Å². The third-order valence-corrected chi connectivity index (χ3v) is 2.55. The van der Waals surface area contributed by atoms with E-state index in [0.29, 0.717) is 5.78 Å². The van der Waals surface area contributed by atoms with Gasteiger partial charge in [0.05, 0.1) is 0 Å². The summed E-state index contributed by atoms with van der Waals surface area (Å²) in [7, 11) is 0. The molecule has 0 aliphatic rings. The van der Waals surface area contributed by atoms with Crippen LogP contribution in [0.25, 0.3) is 0 Å². The summed E-state index contributed by atoms with van der Waals surface area (Å²) in [6.07, 6.45) is 10.6. The van der Waals surface area contributed by atoms with Crippen LogP contribution in [0, 0.1) is 0 Å². The number of carbonyl (C=O) groups excluding carboxylic acids is 1. The van der Waals surface area contributed by atoms with Crippen molar-refractivity contribution in [1.29, 1.82) is 0 Å². The van der Waals surface area contributed by atoms with Crippen molar-refractivity contribution in [1.82, 2.24) is 0 Å². The molecule has 0 saturated heterocycles. The number of hydrogen-bond donors (Lipinski definition) is 0. The van der Waals surface area contributed by atoms with Crippen LogP contribution >= 0.6 is 0 Å². The van der Waals surface area contributed by atoms with Crippen LogP contribution in [0.1, 0.15) is 72.1 Å². The van der Waals surface area contributed by atoms with Gasteiger partial charge in [-0.3, -0.25) is 4.79 Å². The molecule has 0 spiro atoms. The molecule has 0 radical (unpaired) electrons. The van der Waals surface area contributed by atoms with Crippen molar-refractivity contribution < 1.29 is 4.79 Å². The minimum atomic E-state index is 0.427. The minimum absolute atomic E-state index is 0.427. The first-order valence-electron chi connectivity index (χ1n) is 6.44. The molecule has 0 N–H and O–H groups in total. The zero-order chi connectivity index (χ0) is 11.5. The molecule has 1 heteroatoms. The highest BCUT2D eigenvalue weighted by atomic mass is 16.1. The number of hydrogen-bond acceptors (Lipinski definition) is 1. The van der Waals surface area contributed by atoms with Gasteiger partial charge >= 0.3 is 0 Å². The van der Waals surface area contributed by atoms with Crippen LogP contribution in [0.4, 0.5) is 0 Å². The summed E-state index contributed by atoms with van der Waals surface area (Å²) in [4.78, 5) is 11.4. The zero-order valence-electron chi connectivity index (χ0n) is 10.6. The first-order chi connectivity index (χ1) is 7.24. The van der Waals surface area contributed by atoms with E-state index in [4.69, 9.17) is 0 Å². The zero-order valence-corrected chi connectivity index (χ0v) is 10.6. The largest absolute Gasteiger partial charge is 0.300 e. The number of allylic oxidation sites excluding steroid dienone is 2. The molecule has 0 aliphatic carbocycles. The van der Waals surface area contributed by atoms with E-state index in [1.807, 2.05) is 0 Å². The van der Waals surface area contributed by atoms with Crippen molar-refractivity contribution in [2.75, 3.05) is 0 Å². The van der Waals surface area contributed by atoms with Gasteiger partial charge in [0.1, 0.15) is 5.78 Å². The van der Waals surface area contributed by atoms with Crippen molar-refractivity contribution in [3.05, 3.63) is 11.6 Å². The van der Waals surface area contributed by atoms with Gasteiger partial charge in [-0.25, -0.2) is 0 Å². The Balaban J connectivity index is 3.89. The van der Waals surface area contributed by atoms with Gasteiger partial charge in [0, 0.05) is 12.8 Å². The molecular formula is C14H26O. The molecule has 0 aromatic heterocycles. The Labute approximate surface area is 95.0 Å². The lowest BCUT2D eigenvalue weighted by Gasteiger charge is -2.05. The molecule has 0 aliphatic heterocycles. The molecule has 0 atom stereocenters. The van der Waals surface area contributed by atoms with E-state index in [0.717, 1.165) is 32.1 Å². The summed E-state index contributed by atoms with van der Waals surface area (Å²) in [6, 6.07) is 0. The maximum atomic E-state index is 11.4. The maximum Gasteiger partial charge on any atom is 0.133 e. The van der Waals surface area contributed by atoms with E-state index in [1.165, 1.54) is 24.8 Å². The molecule has 15 heavy (non-hydrogen) atoms. The average molecular weight is 210 g/mol. The van der Waals surface area contributed by atoms with Gasteiger partial charge in [-0.2, -0.15) is 0 Å². The van der Waals surface area contributed by atoms with Gasteiger partial charge in [0.2, 0.25) is 0 Å². The first-order valence-corrected chi connectivity index (χ1v) is 6.44. The third kappa shape index (κ3) is 8.41. The Bertz CT molecular complexity index is 192. The lowest BCUT2D eigenvalue weighted by Crippen LogP contribution is -1.97. The number of carbonyl (C=O) groups is 1. The van der Waals surface area contributed by atoms with Crippen molar-refractivity contribution in [3.8, 4) is 0 Å². The molecule has 0 rings (SSSR count). The van der Waals surface area contributed by atoms with E-state index < -0.39 is 0 Å². The SMILES string of the molecule is CCC/C=C(\CCC)CCC(=O)CCC. The molecule has 0 amide bonds. The molecular weight excluding hydrogens is 184 g/mol.